The number of amides is 1. The van der Waals surface area contributed by atoms with Crippen molar-refractivity contribution in [3.05, 3.63) is 77.6 Å². The van der Waals surface area contributed by atoms with Crippen LogP contribution >= 0.6 is 0 Å². The monoisotopic (exact) mass is 632 g/mol. The predicted octanol–water partition coefficient (Wildman–Crippen LogP) is 6.63. The molecule has 0 spiro atoms. The number of carbonyl (C=O) groups is 3. The quantitative estimate of drug-likeness (QED) is 0.0896. The second kappa shape index (κ2) is 21.6. The van der Waals surface area contributed by atoms with Crippen LogP contribution in [-0.4, -0.2) is 41.8 Å². The molecule has 5 unspecified atom stereocenters. The molecule has 221 valence electrons. The van der Waals surface area contributed by atoms with Gasteiger partial charge >= 0.3 is 12.1 Å². The molecule has 0 aromatic rings. The summed E-state index contributed by atoms with van der Waals surface area (Å²) < 4.78 is 9.92. The van der Waals surface area contributed by atoms with E-state index in [4.69, 9.17) is 15.2 Å². The number of esters is 1. The van der Waals surface area contributed by atoms with Gasteiger partial charge in [0.2, 0.25) is 0 Å². The van der Waals surface area contributed by atoms with Crippen molar-refractivity contribution in [3.63, 3.8) is 0 Å². The summed E-state index contributed by atoms with van der Waals surface area (Å²) in [7, 11) is 0. The van der Waals surface area contributed by atoms with Crippen LogP contribution in [0.1, 0.15) is 67.2 Å². The van der Waals surface area contributed by atoms with Crippen molar-refractivity contribution in [2.75, 3.05) is 6.61 Å². The van der Waals surface area contributed by atoms with Crippen LogP contribution in [0.3, 0.4) is 0 Å². The van der Waals surface area contributed by atoms with Gasteiger partial charge in [0.25, 0.3) is 0 Å². The number of hydrogen-bond donors (Lipinski definition) is 2. The number of hydrogen-bond acceptors (Lipinski definition) is 6. The van der Waals surface area contributed by atoms with Gasteiger partial charge < -0.3 is 26.5 Å². The summed E-state index contributed by atoms with van der Waals surface area (Å²) >= 11 is 0. The number of primary amides is 1. The second-order valence-corrected chi connectivity index (χ2v) is 10.1. The molecule has 40 heavy (non-hydrogen) atoms. The molecule has 8 nitrogen and oxygen atoms in total. The minimum absolute atomic E-state index is 0. The van der Waals surface area contributed by atoms with Crippen molar-refractivity contribution in [2.24, 2.45) is 23.5 Å². The fourth-order valence-electron chi connectivity index (χ4n) is 4.24. The Bertz CT molecular complexity index is 996. The zero-order chi connectivity index (χ0) is 28.7. The van der Waals surface area contributed by atoms with Gasteiger partial charge in [-0.2, -0.15) is 0 Å². The van der Waals surface area contributed by atoms with Crippen molar-refractivity contribution in [1.82, 2.24) is 0 Å². The van der Waals surface area contributed by atoms with E-state index in [0.717, 1.165) is 29.6 Å². The van der Waals surface area contributed by atoms with Gasteiger partial charge in [-0.05, 0) is 58.1 Å². The molecule has 5 N–H and O–H groups in total. The largest absolute Gasteiger partial charge is 0.693 e. The van der Waals surface area contributed by atoms with Gasteiger partial charge in [0.15, 0.2) is 0 Å². The Morgan fingerprint density at radius 3 is 2.42 bits per heavy atom. The third-order valence-corrected chi connectivity index (χ3v) is 6.45. The van der Waals surface area contributed by atoms with Crippen molar-refractivity contribution in [2.45, 2.75) is 79.4 Å². The Kier molecular flexibility index (Phi) is 21.6. The molecule has 0 aliphatic carbocycles. The maximum Gasteiger partial charge on any atom is 0.404 e. The molecule has 1 aliphatic rings. The molecular formula is C31H47N2O6Y-. The molecular weight excluding hydrogens is 585 g/mol. The van der Waals surface area contributed by atoms with Crippen LogP contribution in [-0.2, 0) is 51.8 Å². The van der Waals surface area contributed by atoms with E-state index in [1.807, 2.05) is 65.0 Å². The number of nitrogens with two attached hydrogens (primary N) is 2. The summed E-state index contributed by atoms with van der Waals surface area (Å²) in [6, 6.07) is 0. The predicted molar refractivity (Wildman–Crippen MR) is 156 cm³/mol. The van der Waals surface area contributed by atoms with Crippen LogP contribution in [0.2, 0.25) is 0 Å². The number of cyclic esters (lactones) is 1. The first-order chi connectivity index (χ1) is 17.9. The minimum Gasteiger partial charge on any atom is -0.693 e. The number of rotatable bonds is 15. The molecule has 5 atom stereocenters. The Morgan fingerprint density at radius 2 is 1.80 bits per heavy atom. The molecule has 0 aromatic heterocycles. The van der Waals surface area contributed by atoms with E-state index in [9.17, 15) is 19.5 Å². The molecule has 1 heterocycles. The number of aliphatic hydroxyl groups is 1. The Hall–Kier alpha value is -2.13. The molecule has 0 aromatic carbocycles. The van der Waals surface area contributed by atoms with Crippen LogP contribution in [0.25, 0.3) is 6.15 Å². The van der Waals surface area contributed by atoms with Crippen LogP contribution in [0.15, 0.2) is 71.4 Å². The van der Waals surface area contributed by atoms with Gasteiger partial charge in [-0.3, -0.25) is 4.79 Å². The fourth-order valence-corrected chi connectivity index (χ4v) is 4.24. The standard InChI is InChI=1S/C31H45NO6.H2N.Y/c1-21(15-16-27-13-10-14-28(33)38-27)11-8-7-9-12-22(2)19-24(4)29(34)26(6)30(35)25(5)20-23(3)17-18-37-31(32)36;;/h9-12,14-17,19,24-27,30,35H,7-8,13,18,20H2,1-6H3,(H2,32,36);1H2;/q;-1;/b12-9+,16-15+,21-11-,22-19+,23-17+;;. The molecule has 1 amide bonds. The SMILES string of the molecule is CC(=C/CC/C=C/C(C)=C/C(C)C(=O)C(C)C(O)C(C)C/C(C)=C/COC(N)=O)/C=C/C1CC=CC(=O)O1.[NH2-].[Y]. The summed E-state index contributed by atoms with van der Waals surface area (Å²) in [4.78, 5) is 34.9. The summed E-state index contributed by atoms with van der Waals surface area (Å²) in [5.74, 6) is -1.24. The van der Waals surface area contributed by atoms with E-state index in [0.29, 0.717) is 12.8 Å². The van der Waals surface area contributed by atoms with Crippen molar-refractivity contribution < 1.29 is 61.7 Å². The smallest absolute Gasteiger partial charge is 0.404 e. The van der Waals surface area contributed by atoms with Crippen molar-refractivity contribution in [3.8, 4) is 0 Å². The van der Waals surface area contributed by atoms with Gasteiger partial charge in [0.05, 0.1) is 6.10 Å². The van der Waals surface area contributed by atoms with E-state index in [2.05, 4.69) is 12.2 Å². The number of allylic oxidation sites excluding steroid dienone is 8. The normalized spacial score (nSPS) is 19.3. The summed E-state index contributed by atoms with van der Waals surface area (Å²) in [6.45, 7) is 11.5. The average Bonchev–Trinajstić information content (AvgIpc) is 2.85. The first kappa shape index (κ1) is 40.0. The molecule has 9 heteroatoms. The van der Waals surface area contributed by atoms with Crippen LogP contribution in [0.4, 0.5) is 4.79 Å². The molecule has 0 saturated carbocycles. The van der Waals surface area contributed by atoms with Crippen LogP contribution in [0, 0.1) is 17.8 Å². The zero-order valence-electron chi connectivity index (χ0n) is 24.8. The number of Topliss-reactive ketones (excluding diaryl/α,β-unsaturated/α-hetero) is 1. The van der Waals surface area contributed by atoms with E-state index in [1.54, 1.807) is 13.0 Å². The number of ketones is 1. The minimum atomic E-state index is -0.826. The Balaban J connectivity index is 0. The molecule has 0 saturated heterocycles. The van der Waals surface area contributed by atoms with Gasteiger partial charge in [-0.1, -0.05) is 73.9 Å². The molecule has 0 bridgehead atoms. The first-order valence-electron chi connectivity index (χ1n) is 13.3. The fraction of sp³-hybridized carbons (Fsp3) is 0.516. The summed E-state index contributed by atoms with van der Waals surface area (Å²) in [5, 5.41) is 10.7. The van der Waals surface area contributed by atoms with Crippen molar-refractivity contribution in [1.29, 1.82) is 0 Å². The molecule has 1 aliphatic heterocycles. The van der Waals surface area contributed by atoms with Gasteiger partial charge in [0.1, 0.15) is 18.5 Å². The van der Waals surface area contributed by atoms with Gasteiger partial charge in [-0.25, -0.2) is 9.59 Å². The van der Waals surface area contributed by atoms with E-state index in [1.165, 1.54) is 6.08 Å². The molecule has 1 radical (unpaired) electrons. The first-order valence-corrected chi connectivity index (χ1v) is 13.3. The topological polar surface area (TPSA) is 149 Å². The Labute approximate surface area is 265 Å². The third kappa shape index (κ3) is 16.9. The molecule has 1 rings (SSSR count). The second-order valence-electron chi connectivity index (χ2n) is 10.1. The van der Waals surface area contributed by atoms with Gasteiger partial charge in [0, 0.05) is 57.0 Å². The number of unbranched alkanes of at least 4 members (excludes halogenated alkanes) is 1. The van der Waals surface area contributed by atoms with E-state index >= 15 is 0 Å². The van der Waals surface area contributed by atoms with Gasteiger partial charge in [-0.15, -0.1) is 0 Å². The maximum absolute atomic E-state index is 12.9. The van der Waals surface area contributed by atoms with E-state index < -0.39 is 18.1 Å². The molecule has 0 fully saturated rings. The number of aliphatic hydroxyl groups excluding tert-OH is 1. The number of ether oxygens (including phenoxy) is 2. The van der Waals surface area contributed by atoms with Crippen LogP contribution < -0.4 is 5.73 Å². The van der Waals surface area contributed by atoms with Crippen LogP contribution in [0.5, 0.6) is 0 Å². The zero-order valence-corrected chi connectivity index (χ0v) is 27.7. The van der Waals surface area contributed by atoms with E-state index in [-0.39, 0.29) is 75.2 Å². The average molecular weight is 633 g/mol. The summed E-state index contributed by atoms with van der Waals surface area (Å²) in [5.41, 5.74) is 8.03. The maximum atomic E-state index is 12.9. The number of carbonyl (C=O) groups excluding carboxylic acids is 3. The Morgan fingerprint density at radius 1 is 1.12 bits per heavy atom. The van der Waals surface area contributed by atoms with Crippen molar-refractivity contribution >= 4 is 17.8 Å². The summed E-state index contributed by atoms with van der Waals surface area (Å²) in [6.07, 6.45) is 18.3. The third-order valence-electron chi connectivity index (χ3n) is 6.45.